The van der Waals surface area contributed by atoms with Crippen molar-refractivity contribution in [3.05, 3.63) is 0 Å². The zero-order valence-corrected chi connectivity index (χ0v) is 12.4. The Morgan fingerprint density at radius 3 is 1.29 bits per heavy atom. The molecule has 0 N–H and O–H groups in total. The molecule has 0 bridgehead atoms. The molecule has 0 saturated carbocycles. The normalized spacial score (nSPS) is 13.1. The van der Waals surface area contributed by atoms with E-state index in [0.29, 0.717) is 13.2 Å². The quantitative estimate of drug-likeness (QED) is 0.495. The van der Waals surface area contributed by atoms with Gasteiger partial charge in [0.15, 0.2) is 0 Å². The summed E-state index contributed by atoms with van der Waals surface area (Å²) >= 11 is 0. The van der Waals surface area contributed by atoms with Crippen LogP contribution in [-0.4, -0.2) is 25.8 Å². The summed E-state index contributed by atoms with van der Waals surface area (Å²) in [5, 5.41) is 20.4. The van der Waals surface area contributed by atoms with E-state index in [1.54, 1.807) is 0 Å². The van der Waals surface area contributed by atoms with Gasteiger partial charge in [0.1, 0.15) is 0 Å². The molecule has 4 nitrogen and oxygen atoms in total. The van der Waals surface area contributed by atoms with Crippen molar-refractivity contribution < 1.29 is 36.5 Å². The van der Waals surface area contributed by atoms with Gasteiger partial charge in [-0.3, -0.25) is 0 Å². The Labute approximate surface area is 116 Å². The van der Waals surface area contributed by atoms with Gasteiger partial charge in [0.2, 0.25) is 0 Å². The minimum atomic E-state index is -0.846. The fraction of sp³-hybridized carbons (Fsp3) is 1.00. The molecule has 1 radical (unpaired) electrons. The van der Waals surface area contributed by atoms with Gasteiger partial charge in [0, 0.05) is 13.2 Å². The van der Waals surface area contributed by atoms with Crippen LogP contribution in [0.15, 0.2) is 0 Å². The molecule has 0 aromatic heterocycles. The van der Waals surface area contributed by atoms with Crippen LogP contribution in [0, 0.1) is 0 Å². The zero-order chi connectivity index (χ0) is 12.8. The van der Waals surface area contributed by atoms with Gasteiger partial charge in [-0.15, -0.1) is 0 Å². The van der Waals surface area contributed by atoms with Crippen molar-refractivity contribution in [1.82, 2.24) is 0 Å². The maximum Gasteiger partial charge on any atom is 2.00 e. The molecule has 0 heterocycles. The second-order valence-corrected chi connectivity index (χ2v) is 3.58. The van der Waals surface area contributed by atoms with Gasteiger partial charge in [0.05, 0.1) is 0 Å². The average molecular weight is 293 g/mol. The minimum absolute atomic E-state index is 0. The first-order valence-electron chi connectivity index (χ1n) is 6.09. The van der Waals surface area contributed by atoms with E-state index < -0.39 is 12.6 Å². The Balaban J connectivity index is -0.000000218. The molecular weight excluding hydrogens is 267 g/mol. The van der Waals surface area contributed by atoms with Gasteiger partial charge in [-0.05, 0) is 25.4 Å². The Kier molecular flexibility index (Phi) is 24.8. The molecule has 2 unspecified atom stereocenters. The summed E-state index contributed by atoms with van der Waals surface area (Å²) in [6, 6.07) is 0. The van der Waals surface area contributed by atoms with E-state index >= 15 is 0 Å². The van der Waals surface area contributed by atoms with Crippen LogP contribution >= 0.6 is 0 Å². The smallest absolute Gasteiger partial charge is 0.831 e. The molecule has 0 aromatic rings. The van der Waals surface area contributed by atoms with E-state index in [1.807, 2.05) is 0 Å². The monoisotopic (exact) mass is 293 g/mol. The van der Waals surface area contributed by atoms with Crippen LogP contribution in [0.2, 0.25) is 0 Å². The second-order valence-electron chi connectivity index (χ2n) is 3.58. The SMILES string of the molecule is CCCCOC(C)[O-].CCCCOC(C)[O-].[Co+2]. The fourth-order valence-electron chi connectivity index (χ4n) is 0.787. The van der Waals surface area contributed by atoms with Crippen LogP contribution in [0.25, 0.3) is 0 Å². The van der Waals surface area contributed by atoms with E-state index in [4.69, 9.17) is 9.47 Å². The molecule has 0 aromatic carbocycles. The Hall–Kier alpha value is 0.346. The largest absolute Gasteiger partial charge is 2.00 e. The van der Waals surface area contributed by atoms with Gasteiger partial charge in [-0.1, -0.05) is 40.5 Å². The number of unbranched alkanes of at least 4 members (excludes halogenated alkanes) is 2. The van der Waals surface area contributed by atoms with Gasteiger partial charge in [0.25, 0.3) is 0 Å². The summed E-state index contributed by atoms with van der Waals surface area (Å²) in [6.07, 6.45) is 2.47. The predicted octanol–water partition coefficient (Wildman–Crippen LogP) is 1.02. The topological polar surface area (TPSA) is 64.6 Å². The van der Waals surface area contributed by atoms with Crippen molar-refractivity contribution in [3.8, 4) is 0 Å². The molecule has 2 atom stereocenters. The number of ether oxygens (including phenoxy) is 2. The molecule has 107 valence electrons. The van der Waals surface area contributed by atoms with E-state index in [0.717, 1.165) is 25.7 Å². The maximum atomic E-state index is 10.2. The average Bonchev–Trinajstić information content (AvgIpc) is 2.18. The third kappa shape index (κ3) is 31.4. The number of rotatable bonds is 8. The summed E-state index contributed by atoms with van der Waals surface area (Å²) in [7, 11) is 0. The van der Waals surface area contributed by atoms with Crippen LogP contribution in [0.1, 0.15) is 53.4 Å². The molecule has 0 fully saturated rings. The van der Waals surface area contributed by atoms with E-state index in [-0.39, 0.29) is 16.8 Å². The first-order valence-corrected chi connectivity index (χ1v) is 6.09. The standard InChI is InChI=1S/2C6H13O2.Co/c2*1-3-4-5-8-6(2)7;/h2*6H,3-5H2,1-2H3;/q2*-1;+2. The summed E-state index contributed by atoms with van der Waals surface area (Å²) in [5.74, 6) is 0. The molecule has 0 rings (SSSR count). The molecular formula is C12H26CoO4. The van der Waals surface area contributed by atoms with Gasteiger partial charge < -0.3 is 19.7 Å². The van der Waals surface area contributed by atoms with Crippen LogP contribution in [0.3, 0.4) is 0 Å². The molecule has 0 spiro atoms. The Morgan fingerprint density at radius 2 is 1.12 bits per heavy atom. The van der Waals surface area contributed by atoms with Crippen molar-refractivity contribution in [3.63, 3.8) is 0 Å². The zero-order valence-electron chi connectivity index (χ0n) is 11.4. The van der Waals surface area contributed by atoms with Crippen LogP contribution in [-0.2, 0) is 26.3 Å². The predicted molar refractivity (Wildman–Crippen MR) is 60.6 cm³/mol. The first kappa shape index (κ1) is 22.5. The molecule has 0 amide bonds. The van der Waals surface area contributed by atoms with Crippen molar-refractivity contribution in [2.75, 3.05) is 13.2 Å². The maximum absolute atomic E-state index is 10.2. The molecule has 0 aliphatic heterocycles. The Bertz CT molecular complexity index is 107. The summed E-state index contributed by atoms with van der Waals surface area (Å²) in [5.41, 5.74) is 0. The van der Waals surface area contributed by atoms with E-state index in [1.165, 1.54) is 13.8 Å². The van der Waals surface area contributed by atoms with Crippen LogP contribution in [0.4, 0.5) is 0 Å². The van der Waals surface area contributed by atoms with Crippen molar-refractivity contribution in [1.29, 1.82) is 0 Å². The van der Waals surface area contributed by atoms with Crippen molar-refractivity contribution >= 4 is 0 Å². The molecule has 17 heavy (non-hydrogen) atoms. The van der Waals surface area contributed by atoms with E-state index in [9.17, 15) is 10.2 Å². The summed E-state index contributed by atoms with van der Waals surface area (Å²) in [6.45, 7) is 8.38. The third-order valence-electron chi connectivity index (χ3n) is 1.70. The van der Waals surface area contributed by atoms with Crippen molar-refractivity contribution in [2.24, 2.45) is 0 Å². The third-order valence-corrected chi connectivity index (χ3v) is 1.70. The van der Waals surface area contributed by atoms with Gasteiger partial charge >= 0.3 is 16.8 Å². The minimum Gasteiger partial charge on any atom is -0.831 e. The van der Waals surface area contributed by atoms with Gasteiger partial charge in [-0.2, -0.15) is 0 Å². The summed E-state index contributed by atoms with van der Waals surface area (Å²) in [4.78, 5) is 0. The van der Waals surface area contributed by atoms with Crippen LogP contribution in [0.5, 0.6) is 0 Å². The van der Waals surface area contributed by atoms with Crippen LogP contribution < -0.4 is 10.2 Å². The fourth-order valence-corrected chi connectivity index (χ4v) is 0.787. The van der Waals surface area contributed by atoms with Gasteiger partial charge in [-0.25, -0.2) is 0 Å². The van der Waals surface area contributed by atoms with E-state index in [2.05, 4.69) is 13.8 Å². The van der Waals surface area contributed by atoms with Crippen molar-refractivity contribution in [2.45, 2.75) is 66.0 Å². The second kappa shape index (κ2) is 18.7. The molecule has 0 saturated heterocycles. The molecule has 0 aliphatic rings. The first-order chi connectivity index (χ1) is 7.54. The number of hydrogen-bond donors (Lipinski definition) is 0. The number of hydrogen-bond acceptors (Lipinski definition) is 4. The molecule has 0 aliphatic carbocycles. The molecule has 5 heteroatoms. The Morgan fingerprint density at radius 1 is 0.824 bits per heavy atom. The summed E-state index contributed by atoms with van der Waals surface area (Å²) < 4.78 is 9.45.